The van der Waals surface area contributed by atoms with Gasteiger partial charge in [0.1, 0.15) is 5.82 Å². The lowest BCUT2D eigenvalue weighted by atomic mass is 10.1. The number of carbonyl (C=O) groups is 1. The van der Waals surface area contributed by atoms with Crippen LogP contribution in [0.1, 0.15) is 30.0 Å². The molecule has 1 aromatic rings. The number of aromatic nitrogens is 2. The summed E-state index contributed by atoms with van der Waals surface area (Å²) in [6.45, 7) is 5.53. The quantitative estimate of drug-likeness (QED) is 0.677. The first-order chi connectivity index (χ1) is 7.95. The van der Waals surface area contributed by atoms with Crippen LogP contribution in [0, 0.1) is 13.8 Å². The molecule has 0 aliphatic carbocycles. The molecule has 0 aromatic carbocycles. The number of nitrogens with one attached hydrogen (secondary N) is 3. The first kappa shape index (κ1) is 13.4. The SMILES string of the molecule is CNC(=O)CNC(C)c1c(C)nc(C)[nH]c1=O. The third kappa shape index (κ3) is 3.39. The second-order valence-electron chi connectivity index (χ2n) is 3.93. The molecule has 1 aromatic heterocycles. The number of hydrogen-bond donors (Lipinski definition) is 3. The molecular formula is C11H18N4O2. The highest BCUT2D eigenvalue weighted by Crippen LogP contribution is 2.09. The lowest BCUT2D eigenvalue weighted by Crippen LogP contribution is -2.35. The normalized spacial score (nSPS) is 12.2. The Morgan fingerprint density at radius 3 is 2.65 bits per heavy atom. The molecule has 0 saturated carbocycles. The Kier molecular flexibility index (Phi) is 4.39. The Labute approximate surface area is 99.8 Å². The standard InChI is InChI=1S/C11H18N4O2/c1-6(13-5-9(16)12-4)10-7(2)14-8(3)15-11(10)17/h6,13H,5H2,1-4H3,(H,12,16)(H,14,15,17). The average molecular weight is 238 g/mol. The van der Waals surface area contributed by atoms with Crippen molar-refractivity contribution in [3.05, 3.63) is 27.4 Å². The molecule has 0 saturated heterocycles. The van der Waals surface area contributed by atoms with Gasteiger partial charge in [-0.1, -0.05) is 0 Å². The van der Waals surface area contributed by atoms with E-state index in [4.69, 9.17) is 0 Å². The monoisotopic (exact) mass is 238 g/mol. The van der Waals surface area contributed by atoms with Gasteiger partial charge in [-0.25, -0.2) is 4.98 Å². The fourth-order valence-corrected chi connectivity index (χ4v) is 1.68. The second-order valence-corrected chi connectivity index (χ2v) is 3.93. The molecule has 1 atom stereocenters. The van der Waals surface area contributed by atoms with Gasteiger partial charge in [-0.3, -0.25) is 9.59 Å². The van der Waals surface area contributed by atoms with Crippen LogP contribution < -0.4 is 16.2 Å². The Morgan fingerprint density at radius 1 is 1.47 bits per heavy atom. The highest BCUT2D eigenvalue weighted by Gasteiger charge is 2.14. The molecule has 17 heavy (non-hydrogen) atoms. The van der Waals surface area contributed by atoms with E-state index in [2.05, 4.69) is 20.6 Å². The zero-order valence-corrected chi connectivity index (χ0v) is 10.5. The van der Waals surface area contributed by atoms with E-state index < -0.39 is 0 Å². The molecule has 0 aliphatic rings. The summed E-state index contributed by atoms with van der Waals surface area (Å²) in [6, 6.07) is -0.218. The highest BCUT2D eigenvalue weighted by molar-refractivity contribution is 5.77. The number of amides is 1. The predicted molar refractivity (Wildman–Crippen MR) is 64.8 cm³/mol. The van der Waals surface area contributed by atoms with Gasteiger partial charge >= 0.3 is 0 Å². The van der Waals surface area contributed by atoms with Gasteiger partial charge in [-0.05, 0) is 20.8 Å². The van der Waals surface area contributed by atoms with Crippen LogP contribution >= 0.6 is 0 Å². The van der Waals surface area contributed by atoms with Crippen molar-refractivity contribution in [3.8, 4) is 0 Å². The van der Waals surface area contributed by atoms with Crippen LogP contribution in [0.3, 0.4) is 0 Å². The molecule has 1 unspecified atom stereocenters. The minimum absolute atomic E-state index is 0.119. The number of rotatable bonds is 4. The van der Waals surface area contributed by atoms with Gasteiger partial charge < -0.3 is 15.6 Å². The van der Waals surface area contributed by atoms with E-state index in [-0.39, 0.29) is 24.1 Å². The van der Waals surface area contributed by atoms with Gasteiger partial charge in [0.2, 0.25) is 5.91 Å². The molecule has 1 amide bonds. The topological polar surface area (TPSA) is 86.9 Å². The maximum Gasteiger partial charge on any atom is 0.255 e. The van der Waals surface area contributed by atoms with Crippen molar-refractivity contribution in [1.82, 2.24) is 20.6 Å². The minimum Gasteiger partial charge on any atom is -0.358 e. The third-order valence-corrected chi connectivity index (χ3v) is 2.54. The highest BCUT2D eigenvalue weighted by atomic mass is 16.1. The Hall–Kier alpha value is -1.69. The number of nitrogens with zero attached hydrogens (tertiary/aromatic N) is 1. The molecule has 6 heteroatoms. The number of hydrogen-bond acceptors (Lipinski definition) is 4. The smallest absolute Gasteiger partial charge is 0.255 e. The molecule has 94 valence electrons. The van der Waals surface area contributed by atoms with Crippen molar-refractivity contribution >= 4 is 5.91 Å². The summed E-state index contributed by atoms with van der Waals surface area (Å²) in [5, 5.41) is 5.49. The maximum atomic E-state index is 11.8. The van der Waals surface area contributed by atoms with E-state index in [0.717, 1.165) is 0 Å². The van der Waals surface area contributed by atoms with Crippen molar-refractivity contribution < 1.29 is 4.79 Å². The molecule has 1 rings (SSSR count). The lowest BCUT2D eigenvalue weighted by molar-refractivity contribution is -0.119. The van der Waals surface area contributed by atoms with Crippen molar-refractivity contribution in [2.24, 2.45) is 0 Å². The van der Waals surface area contributed by atoms with Crippen LogP contribution in [0.4, 0.5) is 0 Å². The first-order valence-corrected chi connectivity index (χ1v) is 5.47. The van der Waals surface area contributed by atoms with Crippen LogP contribution in [-0.2, 0) is 4.79 Å². The maximum absolute atomic E-state index is 11.8. The van der Waals surface area contributed by atoms with E-state index in [1.807, 2.05) is 6.92 Å². The van der Waals surface area contributed by atoms with Crippen LogP contribution in [0.15, 0.2) is 4.79 Å². The summed E-state index contributed by atoms with van der Waals surface area (Å²) >= 11 is 0. The Morgan fingerprint density at radius 2 is 2.12 bits per heavy atom. The molecule has 6 nitrogen and oxygen atoms in total. The third-order valence-electron chi connectivity index (χ3n) is 2.54. The van der Waals surface area contributed by atoms with Crippen molar-refractivity contribution in [1.29, 1.82) is 0 Å². The van der Waals surface area contributed by atoms with Gasteiger partial charge in [0, 0.05) is 18.8 Å². The number of H-pyrrole nitrogens is 1. The summed E-state index contributed by atoms with van der Waals surface area (Å²) in [6.07, 6.45) is 0. The van der Waals surface area contributed by atoms with Crippen molar-refractivity contribution in [2.75, 3.05) is 13.6 Å². The summed E-state index contributed by atoms with van der Waals surface area (Å²) in [7, 11) is 1.57. The summed E-state index contributed by atoms with van der Waals surface area (Å²) < 4.78 is 0. The van der Waals surface area contributed by atoms with E-state index >= 15 is 0 Å². The van der Waals surface area contributed by atoms with Gasteiger partial charge in [0.15, 0.2) is 0 Å². The van der Waals surface area contributed by atoms with Gasteiger partial charge in [-0.15, -0.1) is 0 Å². The van der Waals surface area contributed by atoms with E-state index in [0.29, 0.717) is 17.1 Å². The largest absolute Gasteiger partial charge is 0.358 e. The van der Waals surface area contributed by atoms with Crippen LogP contribution in [0.5, 0.6) is 0 Å². The fraction of sp³-hybridized carbons (Fsp3) is 0.545. The summed E-state index contributed by atoms with van der Waals surface area (Å²) in [4.78, 5) is 29.7. The summed E-state index contributed by atoms with van der Waals surface area (Å²) in [5.41, 5.74) is 1.09. The fourth-order valence-electron chi connectivity index (χ4n) is 1.68. The molecule has 0 spiro atoms. The average Bonchev–Trinajstić information content (AvgIpc) is 2.24. The lowest BCUT2D eigenvalue weighted by Gasteiger charge is -2.14. The van der Waals surface area contributed by atoms with Crippen molar-refractivity contribution in [3.63, 3.8) is 0 Å². The molecule has 0 aliphatic heterocycles. The number of aryl methyl sites for hydroxylation is 2. The Balaban J connectivity index is 2.86. The van der Waals surface area contributed by atoms with Crippen LogP contribution in [0.25, 0.3) is 0 Å². The van der Waals surface area contributed by atoms with E-state index in [9.17, 15) is 9.59 Å². The minimum atomic E-state index is -0.218. The van der Waals surface area contributed by atoms with E-state index in [1.165, 1.54) is 0 Å². The van der Waals surface area contributed by atoms with Crippen LogP contribution in [-0.4, -0.2) is 29.5 Å². The van der Waals surface area contributed by atoms with E-state index in [1.54, 1.807) is 20.9 Å². The zero-order valence-electron chi connectivity index (χ0n) is 10.5. The molecule has 0 bridgehead atoms. The predicted octanol–water partition coefficient (Wildman–Crippen LogP) is -0.217. The number of aromatic amines is 1. The second kappa shape index (κ2) is 5.58. The first-order valence-electron chi connectivity index (χ1n) is 5.47. The van der Waals surface area contributed by atoms with Gasteiger partial charge in [0.05, 0.1) is 12.1 Å². The zero-order chi connectivity index (χ0) is 13.0. The molecule has 1 heterocycles. The number of likely N-dealkylation sites (N-methyl/N-ethyl adjacent to an activating group) is 1. The molecule has 0 fully saturated rings. The van der Waals surface area contributed by atoms with Crippen molar-refractivity contribution in [2.45, 2.75) is 26.8 Å². The van der Waals surface area contributed by atoms with Gasteiger partial charge in [0.25, 0.3) is 5.56 Å². The molecule has 3 N–H and O–H groups in total. The molecular weight excluding hydrogens is 220 g/mol. The Bertz CT molecular complexity index is 467. The van der Waals surface area contributed by atoms with Crippen LogP contribution in [0.2, 0.25) is 0 Å². The summed E-state index contributed by atoms with van der Waals surface area (Å²) in [5.74, 6) is 0.473. The van der Waals surface area contributed by atoms with Gasteiger partial charge in [-0.2, -0.15) is 0 Å². The molecule has 0 radical (unpaired) electrons. The number of carbonyl (C=O) groups excluding carboxylic acids is 1.